The summed E-state index contributed by atoms with van der Waals surface area (Å²) in [5.74, 6) is -0.357. The van der Waals surface area contributed by atoms with Crippen LogP contribution in [0.1, 0.15) is 61.1 Å². The largest absolute Gasteiger partial charge is 0.493 e. The van der Waals surface area contributed by atoms with E-state index < -0.39 is 27.7 Å². The number of aliphatic carboxylic acids is 1. The first-order chi connectivity index (χ1) is 18.6. The molecule has 0 aliphatic carbocycles. The van der Waals surface area contributed by atoms with Crippen molar-refractivity contribution in [1.82, 2.24) is 0 Å². The summed E-state index contributed by atoms with van der Waals surface area (Å²) < 4.78 is 39.9. The lowest BCUT2D eigenvalue weighted by atomic mass is 9.82. The quantitative estimate of drug-likeness (QED) is 0.303. The monoisotopic (exact) mass is 585 g/mol. The fourth-order valence-electron chi connectivity index (χ4n) is 5.25. The maximum atomic E-state index is 12.8. The van der Waals surface area contributed by atoms with Crippen molar-refractivity contribution in [3.63, 3.8) is 0 Å². The van der Waals surface area contributed by atoms with E-state index in [2.05, 4.69) is 4.72 Å². The van der Waals surface area contributed by atoms with Crippen molar-refractivity contribution in [2.45, 2.75) is 66.1 Å². The standard InChI is InChI=1S/C31H36ClNO6S/c1-17-10-11-22(16-23(17)32)26-18(2)25(21-12-13-24-20(15-21)9-8-14-38-24)27(19(3)28(26)33-40(7,36)37)29(30(34)35)39-31(4,5)6/h10-13,15-16,29,33H,8-9,14H2,1-7H3,(H,34,35). The van der Waals surface area contributed by atoms with E-state index in [4.69, 9.17) is 21.1 Å². The van der Waals surface area contributed by atoms with Gasteiger partial charge in [0.25, 0.3) is 0 Å². The second-order valence-corrected chi connectivity index (χ2v) is 13.5. The van der Waals surface area contributed by atoms with Gasteiger partial charge in [0.05, 0.1) is 24.2 Å². The van der Waals surface area contributed by atoms with Crippen LogP contribution in [0, 0.1) is 20.8 Å². The van der Waals surface area contributed by atoms with E-state index in [1.807, 2.05) is 44.2 Å². The Balaban J connectivity index is 2.17. The van der Waals surface area contributed by atoms with Gasteiger partial charge in [-0.25, -0.2) is 13.2 Å². The molecule has 1 aliphatic heterocycles. The van der Waals surface area contributed by atoms with Crippen LogP contribution in [0.25, 0.3) is 22.3 Å². The van der Waals surface area contributed by atoms with E-state index in [0.717, 1.165) is 41.5 Å². The van der Waals surface area contributed by atoms with Crippen LogP contribution in [0.3, 0.4) is 0 Å². The third kappa shape index (κ3) is 6.29. The summed E-state index contributed by atoms with van der Waals surface area (Å²) in [6.07, 6.45) is 1.43. The normalized spacial score (nSPS) is 14.3. The highest BCUT2D eigenvalue weighted by molar-refractivity contribution is 7.92. The van der Waals surface area contributed by atoms with Gasteiger partial charge in [0.2, 0.25) is 10.0 Å². The molecule has 0 bridgehead atoms. The number of carboxylic acid groups (broad SMARTS) is 1. The average Bonchev–Trinajstić information content (AvgIpc) is 2.85. The summed E-state index contributed by atoms with van der Waals surface area (Å²) in [5, 5.41) is 11.0. The predicted octanol–water partition coefficient (Wildman–Crippen LogP) is 7.24. The van der Waals surface area contributed by atoms with Crippen molar-refractivity contribution < 1.29 is 27.8 Å². The maximum absolute atomic E-state index is 12.8. The van der Waals surface area contributed by atoms with Crippen LogP contribution in [0.5, 0.6) is 5.75 Å². The van der Waals surface area contributed by atoms with Crippen LogP contribution < -0.4 is 9.46 Å². The summed E-state index contributed by atoms with van der Waals surface area (Å²) >= 11 is 6.52. The molecule has 0 saturated carbocycles. The van der Waals surface area contributed by atoms with E-state index in [1.54, 1.807) is 33.8 Å². The fourth-order valence-corrected chi connectivity index (χ4v) is 6.05. The van der Waals surface area contributed by atoms with E-state index in [0.29, 0.717) is 50.7 Å². The highest BCUT2D eigenvalue weighted by atomic mass is 35.5. The molecule has 4 rings (SSSR count). The minimum absolute atomic E-state index is 0.295. The first-order valence-corrected chi connectivity index (χ1v) is 15.4. The van der Waals surface area contributed by atoms with E-state index in [9.17, 15) is 18.3 Å². The van der Waals surface area contributed by atoms with Crippen LogP contribution >= 0.6 is 11.6 Å². The number of halogens is 1. The van der Waals surface area contributed by atoms with Gasteiger partial charge in [-0.1, -0.05) is 29.8 Å². The number of ether oxygens (including phenoxy) is 2. The second kappa shape index (κ2) is 11.1. The number of anilines is 1. The molecular formula is C31H36ClNO6S. The Morgan fingerprint density at radius 3 is 2.30 bits per heavy atom. The predicted molar refractivity (Wildman–Crippen MR) is 160 cm³/mol. The number of hydrogen-bond acceptors (Lipinski definition) is 5. The lowest BCUT2D eigenvalue weighted by molar-refractivity contribution is -0.160. The zero-order valence-corrected chi connectivity index (χ0v) is 25.5. The smallest absolute Gasteiger partial charge is 0.337 e. The number of benzene rings is 3. The Morgan fingerprint density at radius 1 is 1.05 bits per heavy atom. The molecule has 2 N–H and O–H groups in total. The SMILES string of the molecule is Cc1ccc(-c2c(C)c(-c3ccc4c(c3)CCCO4)c(C(OC(C)(C)C)C(=O)O)c(C)c2NS(C)(=O)=O)cc1Cl. The lowest BCUT2D eigenvalue weighted by Gasteiger charge is -2.31. The number of aryl methyl sites for hydroxylation is 2. The molecule has 0 saturated heterocycles. The molecule has 214 valence electrons. The zero-order valence-electron chi connectivity index (χ0n) is 23.9. The molecular weight excluding hydrogens is 550 g/mol. The van der Waals surface area contributed by atoms with Gasteiger partial charge >= 0.3 is 5.97 Å². The number of carbonyl (C=O) groups is 1. The number of nitrogens with one attached hydrogen (secondary N) is 1. The molecule has 0 amide bonds. The van der Waals surface area contributed by atoms with E-state index >= 15 is 0 Å². The van der Waals surface area contributed by atoms with E-state index in [-0.39, 0.29) is 0 Å². The molecule has 0 aromatic heterocycles. The maximum Gasteiger partial charge on any atom is 0.337 e. The number of sulfonamides is 1. The number of rotatable bonds is 7. The topological polar surface area (TPSA) is 102 Å². The second-order valence-electron chi connectivity index (χ2n) is 11.3. The van der Waals surface area contributed by atoms with Gasteiger partial charge in [-0.2, -0.15) is 0 Å². The van der Waals surface area contributed by atoms with Crippen molar-refractivity contribution in [3.05, 3.63) is 69.2 Å². The molecule has 1 heterocycles. The van der Waals surface area contributed by atoms with Gasteiger partial charge in [-0.3, -0.25) is 4.72 Å². The van der Waals surface area contributed by atoms with Gasteiger partial charge in [0.1, 0.15) is 5.75 Å². The zero-order chi connectivity index (χ0) is 29.6. The van der Waals surface area contributed by atoms with Crippen molar-refractivity contribution >= 4 is 33.3 Å². The molecule has 1 atom stereocenters. The van der Waals surface area contributed by atoms with Gasteiger partial charge in [0, 0.05) is 16.1 Å². The first-order valence-electron chi connectivity index (χ1n) is 13.2. The Bertz CT molecular complexity index is 1590. The van der Waals surface area contributed by atoms with Crippen LogP contribution in [-0.2, 0) is 26.0 Å². The molecule has 3 aromatic carbocycles. The summed E-state index contributed by atoms with van der Waals surface area (Å²) in [5.41, 5.74) is 5.78. The van der Waals surface area contributed by atoms with E-state index in [1.165, 1.54) is 0 Å². The Morgan fingerprint density at radius 2 is 1.70 bits per heavy atom. The van der Waals surface area contributed by atoms with Gasteiger partial charge in [0.15, 0.2) is 6.10 Å². The van der Waals surface area contributed by atoms with Crippen LogP contribution in [0.4, 0.5) is 5.69 Å². The molecule has 7 nitrogen and oxygen atoms in total. The molecule has 9 heteroatoms. The van der Waals surface area contributed by atoms with Crippen LogP contribution in [0.15, 0.2) is 36.4 Å². The van der Waals surface area contributed by atoms with Crippen molar-refractivity contribution in [1.29, 1.82) is 0 Å². The molecule has 0 spiro atoms. The van der Waals surface area contributed by atoms with Crippen molar-refractivity contribution in [2.24, 2.45) is 0 Å². The van der Waals surface area contributed by atoms with Gasteiger partial charge < -0.3 is 14.6 Å². The molecule has 1 aliphatic rings. The van der Waals surface area contributed by atoms with Crippen LogP contribution in [-0.4, -0.2) is 38.0 Å². The Hall–Kier alpha value is -3.07. The third-order valence-electron chi connectivity index (χ3n) is 6.95. The number of carboxylic acids is 1. The summed E-state index contributed by atoms with van der Waals surface area (Å²) in [7, 11) is -3.74. The Labute approximate surface area is 241 Å². The fraction of sp³-hybridized carbons (Fsp3) is 0.387. The minimum atomic E-state index is -3.74. The number of hydrogen-bond donors (Lipinski definition) is 2. The van der Waals surface area contributed by atoms with Crippen molar-refractivity contribution in [2.75, 3.05) is 17.6 Å². The first kappa shape index (κ1) is 29.9. The lowest BCUT2D eigenvalue weighted by Crippen LogP contribution is -2.29. The molecule has 40 heavy (non-hydrogen) atoms. The summed E-state index contributed by atoms with van der Waals surface area (Å²) in [6, 6.07) is 11.4. The highest BCUT2D eigenvalue weighted by Gasteiger charge is 2.34. The molecule has 1 unspecified atom stereocenters. The molecule has 3 aromatic rings. The Kier molecular flexibility index (Phi) is 8.28. The summed E-state index contributed by atoms with van der Waals surface area (Å²) in [4.78, 5) is 12.8. The average molecular weight is 586 g/mol. The van der Waals surface area contributed by atoms with Gasteiger partial charge in [-0.05, 0) is 112 Å². The van der Waals surface area contributed by atoms with Crippen LogP contribution in [0.2, 0.25) is 5.02 Å². The van der Waals surface area contributed by atoms with Crippen molar-refractivity contribution in [3.8, 4) is 28.0 Å². The third-order valence-corrected chi connectivity index (χ3v) is 7.93. The number of fused-ring (bicyclic) bond motifs is 1. The van der Waals surface area contributed by atoms with Gasteiger partial charge in [-0.15, -0.1) is 0 Å². The molecule has 0 fully saturated rings. The molecule has 0 radical (unpaired) electrons. The minimum Gasteiger partial charge on any atom is -0.493 e. The summed E-state index contributed by atoms with van der Waals surface area (Å²) in [6.45, 7) is 11.5. The highest BCUT2D eigenvalue weighted by Crippen LogP contribution is 2.48.